The summed E-state index contributed by atoms with van der Waals surface area (Å²) in [6.45, 7) is 3.93. The lowest BCUT2D eigenvalue weighted by Crippen LogP contribution is -2.56. The van der Waals surface area contributed by atoms with E-state index in [0.717, 1.165) is 12.8 Å². The minimum absolute atomic E-state index is 0.0283. The quantitative estimate of drug-likeness (QED) is 0.804. The molecule has 0 saturated carbocycles. The maximum absolute atomic E-state index is 12.2. The normalized spacial score (nSPS) is 27.9. The van der Waals surface area contributed by atoms with E-state index in [9.17, 15) is 13.2 Å². The van der Waals surface area contributed by atoms with E-state index in [1.165, 1.54) is 8.61 Å². The van der Waals surface area contributed by atoms with Gasteiger partial charge in [-0.3, -0.25) is 4.79 Å². The van der Waals surface area contributed by atoms with Crippen LogP contribution in [0, 0.1) is 11.8 Å². The molecule has 0 bridgehead atoms. The minimum Gasteiger partial charge on any atom is -0.481 e. The second-order valence-electron chi connectivity index (χ2n) is 5.39. The third-order valence-corrected chi connectivity index (χ3v) is 5.59. The summed E-state index contributed by atoms with van der Waals surface area (Å²) in [5.74, 6) is -0.479. The molecule has 0 aromatic heterocycles. The number of carboxylic acid groups (broad SMARTS) is 1. The molecule has 18 heavy (non-hydrogen) atoms. The third-order valence-electron chi connectivity index (χ3n) is 3.66. The molecule has 0 amide bonds. The van der Waals surface area contributed by atoms with Crippen molar-refractivity contribution in [3.8, 4) is 0 Å². The maximum Gasteiger partial charge on any atom is 0.303 e. The van der Waals surface area contributed by atoms with Gasteiger partial charge in [0, 0.05) is 26.2 Å². The number of rotatable bonds is 4. The Morgan fingerprint density at radius 2 is 1.94 bits per heavy atom. The van der Waals surface area contributed by atoms with E-state index in [1.54, 1.807) is 0 Å². The van der Waals surface area contributed by atoms with Crippen LogP contribution in [0.3, 0.4) is 0 Å². The summed E-state index contributed by atoms with van der Waals surface area (Å²) >= 11 is 0. The Labute approximate surface area is 108 Å². The Morgan fingerprint density at radius 3 is 2.50 bits per heavy atom. The summed E-state index contributed by atoms with van der Waals surface area (Å²) in [6.07, 6.45) is 2.04. The van der Waals surface area contributed by atoms with Crippen LogP contribution in [0.2, 0.25) is 0 Å². The average Bonchev–Trinajstić information content (AvgIpc) is 2.22. The monoisotopic (exact) mass is 276 g/mol. The maximum atomic E-state index is 12.2. The molecule has 2 aliphatic heterocycles. The zero-order valence-electron chi connectivity index (χ0n) is 10.6. The molecule has 1 unspecified atom stereocenters. The lowest BCUT2D eigenvalue weighted by Gasteiger charge is -2.42. The molecule has 6 nitrogen and oxygen atoms in total. The fourth-order valence-electron chi connectivity index (χ4n) is 2.61. The molecule has 0 aromatic rings. The highest BCUT2D eigenvalue weighted by Crippen LogP contribution is 2.27. The third kappa shape index (κ3) is 2.84. The number of hydrogen-bond donors (Lipinski definition) is 1. The number of carboxylic acids is 1. The molecule has 104 valence electrons. The van der Waals surface area contributed by atoms with Gasteiger partial charge in [0.25, 0.3) is 10.2 Å². The van der Waals surface area contributed by atoms with Gasteiger partial charge in [-0.15, -0.1) is 0 Å². The van der Waals surface area contributed by atoms with Crippen LogP contribution >= 0.6 is 0 Å². The van der Waals surface area contributed by atoms with Crippen LogP contribution in [0.5, 0.6) is 0 Å². The number of piperidine rings is 1. The van der Waals surface area contributed by atoms with Gasteiger partial charge in [0.05, 0.1) is 6.42 Å². The summed E-state index contributed by atoms with van der Waals surface area (Å²) in [5.41, 5.74) is 0. The van der Waals surface area contributed by atoms with Crippen molar-refractivity contribution in [1.82, 2.24) is 8.61 Å². The number of aliphatic carboxylic acids is 1. The first kappa shape index (κ1) is 13.8. The molecule has 0 radical (unpaired) electrons. The van der Waals surface area contributed by atoms with Gasteiger partial charge in [-0.1, -0.05) is 6.92 Å². The summed E-state index contributed by atoms with van der Waals surface area (Å²) in [4.78, 5) is 10.5. The summed E-state index contributed by atoms with van der Waals surface area (Å²) in [7, 11) is -3.35. The van der Waals surface area contributed by atoms with Crippen LogP contribution in [0.4, 0.5) is 0 Å². The molecule has 2 aliphatic rings. The van der Waals surface area contributed by atoms with E-state index in [4.69, 9.17) is 5.11 Å². The highest BCUT2D eigenvalue weighted by molar-refractivity contribution is 7.86. The molecule has 2 saturated heterocycles. The number of carbonyl (C=O) groups is 1. The second-order valence-corrected chi connectivity index (χ2v) is 7.32. The highest BCUT2D eigenvalue weighted by atomic mass is 32.2. The molecule has 1 atom stereocenters. The number of nitrogens with zero attached hydrogens (tertiary/aromatic N) is 2. The van der Waals surface area contributed by atoms with Crippen molar-refractivity contribution in [3.05, 3.63) is 0 Å². The Morgan fingerprint density at radius 1 is 1.28 bits per heavy atom. The molecular weight excluding hydrogens is 256 g/mol. The van der Waals surface area contributed by atoms with Crippen LogP contribution in [-0.2, 0) is 15.0 Å². The Bertz CT molecular complexity index is 417. The van der Waals surface area contributed by atoms with Crippen LogP contribution in [-0.4, -0.2) is 54.3 Å². The first-order valence-corrected chi connectivity index (χ1v) is 7.76. The predicted molar refractivity (Wildman–Crippen MR) is 66.2 cm³/mol. The molecule has 2 rings (SSSR count). The van der Waals surface area contributed by atoms with Crippen molar-refractivity contribution in [2.75, 3.05) is 26.2 Å². The van der Waals surface area contributed by atoms with E-state index >= 15 is 0 Å². The van der Waals surface area contributed by atoms with Crippen molar-refractivity contribution in [2.24, 2.45) is 11.8 Å². The first-order chi connectivity index (χ1) is 8.39. The van der Waals surface area contributed by atoms with Crippen LogP contribution in [0.15, 0.2) is 0 Å². The molecule has 7 heteroatoms. The van der Waals surface area contributed by atoms with Gasteiger partial charge in [-0.05, 0) is 24.7 Å². The van der Waals surface area contributed by atoms with E-state index in [2.05, 4.69) is 6.92 Å². The average molecular weight is 276 g/mol. The first-order valence-electron chi connectivity index (χ1n) is 6.36. The lowest BCUT2D eigenvalue weighted by molar-refractivity contribution is -0.139. The summed E-state index contributed by atoms with van der Waals surface area (Å²) in [5, 5.41) is 8.64. The molecule has 0 spiro atoms. The fourth-order valence-corrected chi connectivity index (χ4v) is 4.53. The van der Waals surface area contributed by atoms with Crippen molar-refractivity contribution in [1.29, 1.82) is 0 Å². The van der Waals surface area contributed by atoms with Gasteiger partial charge in [0.15, 0.2) is 0 Å². The van der Waals surface area contributed by atoms with Crippen LogP contribution in [0.25, 0.3) is 0 Å². The topological polar surface area (TPSA) is 77.9 Å². The van der Waals surface area contributed by atoms with Crippen molar-refractivity contribution in [3.63, 3.8) is 0 Å². The zero-order chi connectivity index (χ0) is 13.3. The van der Waals surface area contributed by atoms with Gasteiger partial charge >= 0.3 is 5.97 Å². The van der Waals surface area contributed by atoms with Crippen molar-refractivity contribution in [2.45, 2.75) is 26.2 Å². The second kappa shape index (κ2) is 5.14. The fraction of sp³-hybridized carbons (Fsp3) is 0.909. The summed E-state index contributed by atoms with van der Waals surface area (Å²) in [6, 6.07) is 0. The van der Waals surface area contributed by atoms with E-state index in [-0.39, 0.29) is 12.3 Å². The molecule has 2 fully saturated rings. The Hall–Kier alpha value is -0.660. The van der Waals surface area contributed by atoms with Gasteiger partial charge in [0.2, 0.25) is 0 Å². The Kier molecular flexibility index (Phi) is 3.93. The van der Waals surface area contributed by atoms with Gasteiger partial charge in [-0.25, -0.2) is 0 Å². The van der Waals surface area contributed by atoms with Crippen molar-refractivity contribution < 1.29 is 18.3 Å². The van der Waals surface area contributed by atoms with Crippen LogP contribution < -0.4 is 0 Å². The molecule has 1 N–H and O–H groups in total. The minimum atomic E-state index is -3.35. The standard InChI is InChI=1S/C11H20N2O4S/c1-9-3-2-4-12(6-9)18(16,17)13-7-10(8-13)5-11(14)15/h9-10H,2-8H2,1H3,(H,14,15). The van der Waals surface area contributed by atoms with Gasteiger partial charge < -0.3 is 5.11 Å². The molecular formula is C11H20N2O4S. The molecule has 0 aliphatic carbocycles. The van der Waals surface area contributed by atoms with Crippen molar-refractivity contribution >= 4 is 16.2 Å². The van der Waals surface area contributed by atoms with Gasteiger partial charge in [0.1, 0.15) is 0 Å². The SMILES string of the molecule is CC1CCCN(S(=O)(=O)N2CC(CC(=O)O)C2)C1. The zero-order valence-corrected chi connectivity index (χ0v) is 11.4. The smallest absolute Gasteiger partial charge is 0.303 e. The van der Waals surface area contributed by atoms with E-state index in [0.29, 0.717) is 32.1 Å². The van der Waals surface area contributed by atoms with E-state index < -0.39 is 16.2 Å². The Balaban J connectivity index is 1.91. The lowest BCUT2D eigenvalue weighted by atomic mass is 10.00. The number of hydrogen-bond acceptors (Lipinski definition) is 3. The largest absolute Gasteiger partial charge is 0.481 e. The summed E-state index contributed by atoms with van der Waals surface area (Å²) < 4.78 is 27.4. The predicted octanol–water partition coefficient (Wildman–Crippen LogP) is 0.370. The molecule has 0 aromatic carbocycles. The highest BCUT2D eigenvalue weighted by Gasteiger charge is 2.40. The molecule has 2 heterocycles. The van der Waals surface area contributed by atoms with Crippen LogP contribution in [0.1, 0.15) is 26.2 Å². The van der Waals surface area contributed by atoms with E-state index in [1.807, 2.05) is 0 Å². The van der Waals surface area contributed by atoms with Gasteiger partial charge in [-0.2, -0.15) is 17.0 Å².